The summed E-state index contributed by atoms with van der Waals surface area (Å²) in [5.41, 5.74) is 11.0. The number of urea groups is 1. The lowest BCUT2D eigenvalue weighted by molar-refractivity contribution is 0.142. The number of anilines is 1. The maximum atomic E-state index is 13.1. The lowest BCUT2D eigenvalue weighted by Crippen LogP contribution is -2.49. The van der Waals surface area contributed by atoms with Crippen LogP contribution in [0.15, 0.2) is 85.1 Å². The molecule has 0 aliphatic carbocycles. The Kier molecular flexibility index (Phi) is 8.40. The molecule has 6 rings (SSSR count). The number of methoxy groups -OCH3 is 1. The average Bonchev–Trinajstić information content (AvgIpc) is 3.40. The van der Waals surface area contributed by atoms with Gasteiger partial charge < -0.3 is 19.4 Å². The van der Waals surface area contributed by atoms with Crippen molar-refractivity contribution in [2.45, 2.75) is 40.2 Å². The van der Waals surface area contributed by atoms with Gasteiger partial charge in [0.05, 0.1) is 18.5 Å². The third-order valence-electron chi connectivity index (χ3n) is 8.63. The smallest absolute Gasteiger partial charge is 0.321 e. The molecular weight excluding hydrogens is 546 g/mol. The van der Waals surface area contributed by atoms with Gasteiger partial charge >= 0.3 is 6.03 Å². The number of ether oxygens (including phenoxy) is 1. The number of nitrogens with zero attached hydrogens (tertiary/aromatic N) is 4. The summed E-state index contributed by atoms with van der Waals surface area (Å²) in [6.45, 7) is 12.2. The van der Waals surface area contributed by atoms with E-state index in [1.807, 2.05) is 35.2 Å². The predicted molar refractivity (Wildman–Crippen MR) is 178 cm³/mol. The molecule has 1 aliphatic rings. The zero-order chi connectivity index (χ0) is 30.8. The molecule has 1 fully saturated rings. The fraction of sp³-hybridized carbons (Fsp3) is 0.297. The summed E-state index contributed by atoms with van der Waals surface area (Å²) < 4.78 is 7.79. The third kappa shape index (κ3) is 6.19. The van der Waals surface area contributed by atoms with Gasteiger partial charge in [0.1, 0.15) is 11.4 Å². The van der Waals surface area contributed by atoms with Gasteiger partial charge in [0, 0.05) is 50.2 Å². The molecule has 0 unspecified atom stereocenters. The van der Waals surface area contributed by atoms with Crippen molar-refractivity contribution in [3.63, 3.8) is 0 Å². The molecule has 1 aliphatic heterocycles. The van der Waals surface area contributed by atoms with E-state index in [0.717, 1.165) is 59.2 Å². The van der Waals surface area contributed by atoms with E-state index >= 15 is 0 Å². The van der Waals surface area contributed by atoms with Crippen LogP contribution < -0.4 is 10.1 Å². The topological polar surface area (TPSA) is 62.1 Å². The number of rotatable bonds is 7. The van der Waals surface area contributed by atoms with E-state index in [1.165, 1.54) is 22.3 Å². The molecule has 1 saturated heterocycles. The molecule has 2 amide bonds. The number of pyridine rings is 1. The number of aryl methyl sites for hydroxylation is 2. The molecule has 0 atom stereocenters. The number of hydrogen-bond acceptors (Lipinski definition) is 4. The Labute approximate surface area is 260 Å². The molecule has 0 spiro atoms. The minimum atomic E-state index is -0.0491. The van der Waals surface area contributed by atoms with Crippen molar-refractivity contribution in [1.82, 2.24) is 19.2 Å². The van der Waals surface area contributed by atoms with Gasteiger partial charge in [-0.15, -0.1) is 0 Å². The molecule has 3 aromatic carbocycles. The highest BCUT2D eigenvalue weighted by Gasteiger charge is 2.24. The SMILES string of the molecule is COc1cccc(-c2nc3ccc(-c4cc(C)ccc4C)cn3c2CN2CCN(C(=O)Nc3ccc(C(C)C)cc3)CC2)c1. The van der Waals surface area contributed by atoms with E-state index in [4.69, 9.17) is 9.72 Å². The summed E-state index contributed by atoms with van der Waals surface area (Å²) in [6.07, 6.45) is 2.22. The van der Waals surface area contributed by atoms with Crippen molar-refractivity contribution in [1.29, 1.82) is 0 Å². The van der Waals surface area contributed by atoms with E-state index in [0.29, 0.717) is 19.0 Å². The summed E-state index contributed by atoms with van der Waals surface area (Å²) >= 11 is 0. The summed E-state index contributed by atoms with van der Waals surface area (Å²) in [5.74, 6) is 1.27. The standard InChI is InChI=1S/C37H41N5O2/c1-25(2)28-11-14-31(15-12-28)38-37(43)41-19-17-40(18-20-41)24-34-36(29-7-6-8-32(22-29)44-5)39-35-16-13-30(23-42(34)35)33-21-26(3)9-10-27(33)4/h6-16,21-23,25H,17-20,24H2,1-5H3,(H,38,43). The van der Waals surface area contributed by atoms with Crippen molar-refractivity contribution < 1.29 is 9.53 Å². The van der Waals surface area contributed by atoms with E-state index in [2.05, 4.69) is 97.0 Å². The molecule has 0 radical (unpaired) electrons. The number of amides is 2. The van der Waals surface area contributed by atoms with Crippen LogP contribution in [-0.2, 0) is 6.54 Å². The van der Waals surface area contributed by atoms with Gasteiger partial charge in [-0.1, -0.05) is 61.9 Å². The summed E-state index contributed by atoms with van der Waals surface area (Å²) in [5, 5.41) is 3.08. The predicted octanol–water partition coefficient (Wildman–Crippen LogP) is 7.77. The van der Waals surface area contributed by atoms with Crippen LogP contribution in [0.25, 0.3) is 28.0 Å². The van der Waals surface area contributed by atoms with Crippen LogP contribution in [-0.4, -0.2) is 58.5 Å². The Bertz CT molecular complexity index is 1780. The zero-order valence-electron chi connectivity index (χ0n) is 26.3. The van der Waals surface area contributed by atoms with E-state index in [9.17, 15) is 4.79 Å². The summed E-state index contributed by atoms with van der Waals surface area (Å²) in [7, 11) is 1.69. The molecule has 3 heterocycles. The Morgan fingerprint density at radius 1 is 0.909 bits per heavy atom. The minimum absolute atomic E-state index is 0.0491. The van der Waals surface area contributed by atoms with Gasteiger partial charge in [-0.25, -0.2) is 9.78 Å². The molecular formula is C37H41N5O2. The quantitative estimate of drug-likeness (QED) is 0.211. The lowest BCUT2D eigenvalue weighted by Gasteiger charge is -2.34. The Morgan fingerprint density at radius 2 is 1.68 bits per heavy atom. The summed E-state index contributed by atoms with van der Waals surface area (Å²) in [6, 6.07) is 27.1. The van der Waals surface area contributed by atoms with Gasteiger partial charge in [-0.2, -0.15) is 0 Å². The Balaban J connectivity index is 1.25. The van der Waals surface area contributed by atoms with Crippen molar-refractivity contribution in [2.75, 3.05) is 38.6 Å². The monoisotopic (exact) mass is 587 g/mol. The van der Waals surface area contributed by atoms with Crippen molar-refractivity contribution in [3.8, 4) is 28.1 Å². The summed E-state index contributed by atoms with van der Waals surface area (Å²) in [4.78, 5) is 22.5. The zero-order valence-corrected chi connectivity index (χ0v) is 26.3. The van der Waals surface area contributed by atoms with Crippen LogP contribution in [0.1, 0.15) is 42.1 Å². The van der Waals surface area contributed by atoms with Gasteiger partial charge in [-0.05, 0) is 78.4 Å². The number of piperazine rings is 1. The molecule has 44 heavy (non-hydrogen) atoms. The first-order valence-corrected chi connectivity index (χ1v) is 15.4. The van der Waals surface area contributed by atoms with Crippen LogP contribution in [0, 0.1) is 13.8 Å². The molecule has 5 aromatic rings. The van der Waals surface area contributed by atoms with Crippen molar-refractivity contribution in [2.24, 2.45) is 0 Å². The second-order valence-corrected chi connectivity index (χ2v) is 12.1. The second kappa shape index (κ2) is 12.5. The molecule has 1 N–H and O–H groups in total. The van der Waals surface area contributed by atoms with Crippen LogP contribution in [0.4, 0.5) is 10.5 Å². The first kappa shape index (κ1) is 29.5. The molecule has 0 bridgehead atoms. The van der Waals surface area contributed by atoms with E-state index in [1.54, 1.807) is 7.11 Å². The molecule has 0 saturated carbocycles. The maximum absolute atomic E-state index is 13.1. The fourth-order valence-corrected chi connectivity index (χ4v) is 5.93. The number of aromatic nitrogens is 2. The molecule has 2 aromatic heterocycles. The van der Waals surface area contributed by atoms with Crippen LogP contribution in [0.2, 0.25) is 0 Å². The minimum Gasteiger partial charge on any atom is -0.497 e. The normalized spacial score (nSPS) is 13.9. The van der Waals surface area contributed by atoms with Crippen LogP contribution in [0.3, 0.4) is 0 Å². The average molecular weight is 588 g/mol. The van der Waals surface area contributed by atoms with Crippen LogP contribution >= 0.6 is 0 Å². The van der Waals surface area contributed by atoms with Crippen molar-refractivity contribution in [3.05, 3.63) is 107 Å². The van der Waals surface area contributed by atoms with Crippen molar-refractivity contribution >= 4 is 17.4 Å². The van der Waals surface area contributed by atoms with Gasteiger partial charge in [0.2, 0.25) is 0 Å². The largest absolute Gasteiger partial charge is 0.497 e. The number of benzene rings is 3. The number of nitrogens with one attached hydrogen (secondary N) is 1. The van der Waals surface area contributed by atoms with Gasteiger partial charge in [0.15, 0.2) is 0 Å². The Hall–Kier alpha value is -4.62. The van der Waals surface area contributed by atoms with Gasteiger partial charge in [0.25, 0.3) is 0 Å². The third-order valence-corrected chi connectivity index (χ3v) is 8.63. The maximum Gasteiger partial charge on any atom is 0.321 e. The number of hydrogen-bond donors (Lipinski definition) is 1. The molecule has 7 heteroatoms. The number of imidazole rings is 1. The number of carbonyl (C=O) groups is 1. The number of carbonyl (C=O) groups excluding carboxylic acids is 1. The second-order valence-electron chi connectivity index (χ2n) is 12.1. The first-order valence-electron chi connectivity index (χ1n) is 15.4. The molecule has 226 valence electrons. The highest BCUT2D eigenvalue weighted by Crippen LogP contribution is 2.31. The number of fused-ring (bicyclic) bond motifs is 1. The lowest BCUT2D eigenvalue weighted by atomic mass is 10.00. The fourth-order valence-electron chi connectivity index (χ4n) is 5.93. The molecule has 7 nitrogen and oxygen atoms in total. The van der Waals surface area contributed by atoms with Crippen LogP contribution in [0.5, 0.6) is 5.75 Å². The van der Waals surface area contributed by atoms with E-state index in [-0.39, 0.29) is 6.03 Å². The highest BCUT2D eigenvalue weighted by molar-refractivity contribution is 5.89. The highest BCUT2D eigenvalue weighted by atomic mass is 16.5. The van der Waals surface area contributed by atoms with Gasteiger partial charge in [-0.3, -0.25) is 4.90 Å². The Morgan fingerprint density at radius 3 is 2.41 bits per heavy atom. The van der Waals surface area contributed by atoms with E-state index < -0.39 is 0 Å². The first-order chi connectivity index (χ1) is 21.3.